The number of ether oxygens (including phenoxy) is 2. The third-order valence-electron chi connectivity index (χ3n) is 10.7. The van der Waals surface area contributed by atoms with Crippen molar-refractivity contribution in [2.24, 2.45) is 11.8 Å². The molecule has 6 rings (SSSR count). The molecule has 5 aromatic rings. The number of likely N-dealkylation sites (tertiary alicyclic amines) is 1. The van der Waals surface area contributed by atoms with Crippen LogP contribution in [0.5, 0.6) is 0 Å². The summed E-state index contributed by atoms with van der Waals surface area (Å²) in [6, 6.07) is 19.3. The molecule has 15 heteroatoms. The number of benzene rings is 3. The average molecular weight is 825 g/mol. The minimum atomic E-state index is -0.690. The Hall–Kier alpha value is -5.89. The van der Waals surface area contributed by atoms with Crippen LogP contribution in [0.15, 0.2) is 66.9 Å². The first kappa shape index (κ1) is 42.7. The largest absolute Gasteiger partial charge is 0.453 e. The molecule has 5 N–H and O–H groups in total. The second-order valence-corrected chi connectivity index (χ2v) is 15.9. The fourth-order valence-electron chi connectivity index (χ4n) is 7.43. The van der Waals surface area contributed by atoms with Crippen molar-refractivity contribution >= 4 is 46.4 Å². The number of rotatable bonds is 15. The number of fused-ring (bicyclic) bond motifs is 1. The number of hydrogen-bond donors (Lipinski definition) is 5. The molecule has 1 fully saturated rings. The molecule has 4 amide bonds. The van der Waals surface area contributed by atoms with Crippen LogP contribution in [0.25, 0.3) is 44.4 Å². The van der Waals surface area contributed by atoms with E-state index < -0.39 is 24.3 Å². The molecule has 0 aliphatic carbocycles. The number of methoxy groups -OCH3 is 2. The van der Waals surface area contributed by atoms with Crippen LogP contribution >= 0.6 is 11.6 Å². The third-order valence-corrected chi connectivity index (χ3v) is 11.0. The molecule has 2 aromatic heterocycles. The second-order valence-electron chi connectivity index (χ2n) is 15.5. The fraction of sp³-hybridized carbons (Fsp3) is 0.409. The number of aromatic nitrogens is 4. The first-order valence-electron chi connectivity index (χ1n) is 20.1. The van der Waals surface area contributed by atoms with Gasteiger partial charge >= 0.3 is 12.2 Å². The van der Waals surface area contributed by atoms with E-state index in [0.717, 1.165) is 76.1 Å². The standard InChI is InChI=1S/C44H53ClN8O6/c1-25(2)36(51-43(56)58-5)41(54)46-20-8-7-11-35-49-38(39(45)50-35)28-14-12-27(13-15-28)29-16-17-31-23-32(19-18-30(31)22-29)33-24-47-40(48-33)34-10-9-21-53(34)42(55)37(26(3)4)52-44(57)59-6/h12-19,22-26,34,36-37H,7-11,20-21H2,1-6H3,(H,46,54)(H,47,48)(H,49,50)(H,51,56)(H,52,57)/t34-,36?,37-/m0/s1. The maximum atomic E-state index is 13.6. The van der Waals surface area contributed by atoms with Crippen LogP contribution in [0, 0.1) is 11.8 Å². The normalized spacial score (nSPS) is 15.0. The average Bonchev–Trinajstić information content (AvgIpc) is 4.01. The molecule has 1 saturated heterocycles. The van der Waals surface area contributed by atoms with Crippen LogP contribution in [-0.4, -0.2) is 88.2 Å². The quantitative estimate of drug-likeness (QED) is 0.0663. The zero-order valence-electron chi connectivity index (χ0n) is 34.4. The van der Waals surface area contributed by atoms with Crippen LogP contribution in [0.1, 0.15) is 71.1 Å². The second kappa shape index (κ2) is 19.2. The molecule has 1 aliphatic heterocycles. The Morgan fingerprint density at radius 3 is 2.08 bits per heavy atom. The molecule has 312 valence electrons. The number of halogens is 1. The summed E-state index contributed by atoms with van der Waals surface area (Å²) in [5.41, 5.74) is 5.58. The van der Waals surface area contributed by atoms with Crippen LogP contribution in [0.4, 0.5) is 9.59 Å². The topological polar surface area (TPSA) is 183 Å². The van der Waals surface area contributed by atoms with Crippen LogP contribution in [0.3, 0.4) is 0 Å². The van der Waals surface area contributed by atoms with E-state index in [1.807, 2.05) is 50.9 Å². The molecular formula is C44H53ClN8O6. The molecule has 0 bridgehead atoms. The number of hydrogen-bond acceptors (Lipinski definition) is 8. The number of H-pyrrole nitrogens is 2. The molecular weight excluding hydrogens is 772 g/mol. The summed E-state index contributed by atoms with van der Waals surface area (Å²) in [5, 5.41) is 10.8. The van der Waals surface area contributed by atoms with E-state index in [1.165, 1.54) is 14.2 Å². The van der Waals surface area contributed by atoms with Crippen LogP contribution < -0.4 is 16.0 Å². The number of carbonyl (C=O) groups is 4. The monoisotopic (exact) mass is 824 g/mol. The summed E-state index contributed by atoms with van der Waals surface area (Å²) in [6.07, 6.45) is 4.36. The highest BCUT2D eigenvalue weighted by Crippen LogP contribution is 2.34. The molecule has 0 saturated carbocycles. The summed E-state index contributed by atoms with van der Waals surface area (Å²) >= 11 is 6.59. The summed E-state index contributed by atoms with van der Waals surface area (Å²) in [7, 11) is 2.56. The SMILES string of the molecule is COC(=O)NC(C(=O)NCCCCc1nc(-c2ccc(-c3ccc4cc(-c5cnc([C@@H]6CCCN6C(=O)[C@@H](NC(=O)OC)C(C)C)[nH]5)ccc4c3)cc2)c(Cl)[nH]1)C(C)C. The van der Waals surface area contributed by atoms with Gasteiger partial charge in [-0.2, -0.15) is 0 Å². The Bertz CT molecular complexity index is 2270. The number of nitrogens with one attached hydrogen (secondary N) is 5. The molecule has 0 radical (unpaired) electrons. The lowest BCUT2D eigenvalue weighted by molar-refractivity contribution is -0.135. The van der Waals surface area contributed by atoms with Gasteiger partial charge in [-0.3, -0.25) is 9.59 Å². The van der Waals surface area contributed by atoms with E-state index in [-0.39, 0.29) is 29.7 Å². The Kier molecular flexibility index (Phi) is 13.9. The van der Waals surface area contributed by atoms with Crippen molar-refractivity contribution in [1.82, 2.24) is 40.8 Å². The number of imidazole rings is 2. The molecule has 3 atom stereocenters. The number of nitrogens with zero attached hydrogens (tertiary/aromatic N) is 3. The number of carbonyl (C=O) groups excluding carboxylic acids is 4. The van der Waals surface area contributed by atoms with Gasteiger partial charge in [0.1, 0.15) is 34.6 Å². The Labute approximate surface area is 349 Å². The maximum absolute atomic E-state index is 13.6. The third kappa shape index (κ3) is 10.2. The number of alkyl carbamates (subject to hydrolysis) is 2. The number of aryl methyl sites for hydroxylation is 1. The predicted octanol–water partition coefficient (Wildman–Crippen LogP) is 7.80. The van der Waals surface area contributed by atoms with Gasteiger partial charge in [0.15, 0.2) is 0 Å². The minimum Gasteiger partial charge on any atom is -0.453 e. The smallest absolute Gasteiger partial charge is 0.407 e. The van der Waals surface area contributed by atoms with Gasteiger partial charge in [-0.1, -0.05) is 87.8 Å². The summed E-state index contributed by atoms with van der Waals surface area (Å²) in [4.78, 5) is 67.7. The first-order chi connectivity index (χ1) is 28.4. The fourth-order valence-corrected chi connectivity index (χ4v) is 7.69. The molecule has 3 heterocycles. The van der Waals surface area contributed by atoms with Gasteiger partial charge in [0.25, 0.3) is 0 Å². The van der Waals surface area contributed by atoms with Gasteiger partial charge in [0.05, 0.1) is 32.2 Å². The molecule has 14 nitrogen and oxygen atoms in total. The number of aromatic amines is 2. The Morgan fingerprint density at radius 1 is 0.814 bits per heavy atom. The highest BCUT2D eigenvalue weighted by molar-refractivity contribution is 6.31. The molecule has 59 heavy (non-hydrogen) atoms. The van der Waals surface area contributed by atoms with Crippen molar-refractivity contribution in [3.63, 3.8) is 0 Å². The van der Waals surface area contributed by atoms with E-state index in [4.69, 9.17) is 26.3 Å². The molecule has 0 spiro atoms. The molecule has 1 unspecified atom stereocenters. The van der Waals surface area contributed by atoms with Crippen molar-refractivity contribution in [3.8, 4) is 33.6 Å². The first-order valence-corrected chi connectivity index (χ1v) is 20.5. The van der Waals surface area contributed by atoms with Crippen LogP contribution in [0.2, 0.25) is 5.15 Å². The van der Waals surface area contributed by atoms with E-state index in [2.05, 4.69) is 79.2 Å². The van der Waals surface area contributed by atoms with Gasteiger partial charge < -0.3 is 40.3 Å². The van der Waals surface area contributed by atoms with E-state index in [0.29, 0.717) is 30.4 Å². The summed E-state index contributed by atoms with van der Waals surface area (Å²) < 4.78 is 9.40. The van der Waals surface area contributed by atoms with Crippen molar-refractivity contribution in [3.05, 3.63) is 83.7 Å². The van der Waals surface area contributed by atoms with Crippen molar-refractivity contribution in [2.45, 2.75) is 77.9 Å². The van der Waals surface area contributed by atoms with E-state index >= 15 is 0 Å². The highest BCUT2D eigenvalue weighted by Gasteiger charge is 2.37. The van der Waals surface area contributed by atoms with Crippen molar-refractivity contribution < 1.29 is 28.7 Å². The minimum absolute atomic E-state index is 0.0844. The Balaban J connectivity index is 1.05. The van der Waals surface area contributed by atoms with Gasteiger partial charge in [-0.25, -0.2) is 19.6 Å². The van der Waals surface area contributed by atoms with E-state index in [9.17, 15) is 19.2 Å². The van der Waals surface area contributed by atoms with Gasteiger partial charge in [0, 0.05) is 30.6 Å². The highest BCUT2D eigenvalue weighted by atomic mass is 35.5. The lowest BCUT2D eigenvalue weighted by Crippen LogP contribution is -2.51. The predicted molar refractivity (Wildman–Crippen MR) is 228 cm³/mol. The lowest BCUT2D eigenvalue weighted by atomic mass is 9.98. The van der Waals surface area contributed by atoms with Gasteiger partial charge in [0.2, 0.25) is 11.8 Å². The lowest BCUT2D eigenvalue weighted by Gasteiger charge is -2.30. The zero-order chi connectivity index (χ0) is 42.2. The van der Waals surface area contributed by atoms with Crippen molar-refractivity contribution in [1.29, 1.82) is 0 Å². The van der Waals surface area contributed by atoms with Gasteiger partial charge in [-0.15, -0.1) is 0 Å². The van der Waals surface area contributed by atoms with Crippen LogP contribution in [-0.2, 0) is 25.5 Å². The van der Waals surface area contributed by atoms with Gasteiger partial charge in [-0.05, 0) is 71.6 Å². The summed E-state index contributed by atoms with van der Waals surface area (Å²) in [6.45, 7) is 8.59. The van der Waals surface area contributed by atoms with Crippen molar-refractivity contribution in [2.75, 3.05) is 27.3 Å². The Morgan fingerprint density at radius 2 is 1.42 bits per heavy atom. The molecule has 3 aromatic carbocycles. The maximum Gasteiger partial charge on any atom is 0.407 e. The molecule has 1 aliphatic rings. The number of amides is 4. The zero-order valence-corrected chi connectivity index (χ0v) is 35.1. The van der Waals surface area contributed by atoms with E-state index in [1.54, 1.807) is 0 Å². The number of unbranched alkanes of at least 4 members (excludes halogenated alkanes) is 1. The summed E-state index contributed by atoms with van der Waals surface area (Å²) in [5.74, 6) is 0.923.